The highest BCUT2D eigenvalue weighted by Crippen LogP contribution is 2.47. The lowest BCUT2D eigenvalue weighted by Crippen LogP contribution is -2.31. The largest absolute Gasteiger partial charge is 0.413 e. The van der Waals surface area contributed by atoms with E-state index in [1.54, 1.807) is 0 Å². The second kappa shape index (κ2) is 7.64. The Bertz CT molecular complexity index is 293. The zero-order valence-corrected chi connectivity index (χ0v) is 19.4. The average Bonchev–Trinajstić information content (AvgIpc) is 2.18. The summed E-state index contributed by atoms with van der Waals surface area (Å²) in [7, 11) is -4.63. The van der Waals surface area contributed by atoms with Crippen LogP contribution in [0, 0.1) is 0 Å². The van der Waals surface area contributed by atoms with Gasteiger partial charge in [0, 0.05) is 6.04 Å². The molecule has 0 atom stereocenters. The van der Waals surface area contributed by atoms with E-state index in [1.807, 2.05) is 0 Å². The molecular formula is C12H33O3PSSi3. The van der Waals surface area contributed by atoms with Crippen LogP contribution in [0.5, 0.6) is 0 Å². The van der Waals surface area contributed by atoms with Crippen LogP contribution in [0.3, 0.4) is 0 Å². The van der Waals surface area contributed by atoms with E-state index < -0.39 is 31.0 Å². The lowest BCUT2D eigenvalue weighted by Gasteiger charge is -2.31. The molecule has 0 fully saturated rings. The van der Waals surface area contributed by atoms with Crippen molar-refractivity contribution < 1.29 is 13.3 Å². The maximum Gasteiger partial charge on any atom is 0.184 e. The Morgan fingerprint density at radius 1 is 0.600 bits per heavy atom. The van der Waals surface area contributed by atoms with Gasteiger partial charge in [-0.25, -0.2) is 0 Å². The van der Waals surface area contributed by atoms with Crippen LogP contribution in [-0.4, -0.2) is 44.0 Å². The van der Waals surface area contributed by atoms with Crippen LogP contribution in [0.1, 0.15) is 0 Å². The lowest BCUT2D eigenvalue weighted by molar-refractivity contribution is 0.335. The molecule has 0 saturated carbocycles. The number of rotatable bonds is 9. The highest BCUT2D eigenvalue weighted by molar-refractivity contribution is 8.14. The topological polar surface area (TPSA) is 27.7 Å². The Morgan fingerprint density at radius 2 is 0.800 bits per heavy atom. The Balaban J connectivity index is 4.71. The van der Waals surface area contributed by atoms with Crippen molar-refractivity contribution in [3.8, 4) is 0 Å². The maximum atomic E-state index is 6.08. The summed E-state index contributed by atoms with van der Waals surface area (Å²) in [5.74, 6) is 0. The summed E-state index contributed by atoms with van der Waals surface area (Å²) >= 11 is 5.91. The minimum atomic E-state index is -1.74. The van der Waals surface area contributed by atoms with Gasteiger partial charge >= 0.3 is 0 Å². The summed E-state index contributed by atoms with van der Waals surface area (Å²) in [5.41, 5.74) is 0. The summed E-state index contributed by atoms with van der Waals surface area (Å²) in [6.45, 7) is 19.8. The molecule has 20 heavy (non-hydrogen) atoms. The molecule has 0 radical (unpaired) electrons. The molecule has 0 unspecified atom stereocenters. The molecule has 8 heteroatoms. The Labute approximate surface area is 134 Å². The average molecular weight is 373 g/mol. The first-order chi connectivity index (χ1) is 8.62. The summed E-state index contributed by atoms with van der Waals surface area (Å²) in [6, 6.07) is -1.74. The molecule has 0 aliphatic rings. The lowest BCUT2D eigenvalue weighted by atomic mass is 11.6. The smallest absolute Gasteiger partial charge is 0.184 e. The standard InChI is InChI=1S/C12H33O3PSSi3/c1-18(2,3)13-10-16(17,11-14-19(4,5)6)12-15-20(7,8)9/h10-12H2,1-9H3. The molecule has 0 aromatic carbocycles. The minimum absolute atomic E-state index is 0.660. The van der Waals surface area contributed by atoms with Gasteiger partial charge in [-0.15, -0.1) is 0 Å². The maximum absolute atomic E-state index is 6.08. The van der Waals surface area contributed by atoms with Crippen LogP contribution >= 0.6 is 6.04 Å². The highest BCUT2D eigenvalue weighted by Gasteiger charge is 2.28. The van der Waals surface area contributed by atoms with Crippen molar-refractivity contribution in [1.82, 2.24) is 0 Å². The van der Waals surface area contributed by atoms with Gasteiger partial charge in [0.05, 0.1) is 19.0 Å². The van der Waals surface area contributed by atoms with Crippen molar-refractivity contribution in [2.45, 2.75) is 58.9 Å². The van der Waals surface area contributed by atoms with Gasteiger partial charge in [-0.05, 0) is 58.9 Å². The van der Waals surface area contributed by atoms with Gasteiger partial charge in [0.2, 0.25) is 0 Å². The monoisotopic (exact) mass is 372 g/mol. The predicted octanol–water partition coefficient (Wildman–Crippen LogP) is 4.89. The molecule has 0 aliphatic heterocycles. The van der Waals surface area contributed by atoms with Crippen LogP contribution < -0.4 is 0 Å². The third-order valence-corrected chi connectivity index (χ3v) is 8.71. The quantitative estimate of drug-likeness (QED) is 0.425. The number of hydrogen-bond acceptors (Lipinski definition) is 4. The molecule has 0 amide bonds. The van der Waals surface area contributed by atoms with E-state index in [0.717, 1.165) is 0 Å². The SMILES string of the molecule is C[Si](C)(C)OCP(=S)(CO[Si](C)(C)C)CO[Si](C)(C)C. The third-order valence-electron chi connectivity index (χ3n) is 2.20. The van der Waals surface area contributed by atoms with E-state index >= 15 is 0 Å². The first-order valence-electron chi connectivity index (χ1n) is 7.11. The Kier molecular flexibility index (Phi) is 8.09. The minimum Gasteiger partial charge on any atom is -0.413 e. The zero-order chi connectivity index (χ0) is 16.2. The second-order valence-corrected chi connectivity index (χ2v) is 27.0. The summed E-state index contributed by atoms with van der Waals surface area (Å²) in [4.78, 5) is 0. The van der Waals surface area contributed by atoms with E-state index in [2.05, 4.69) is 58.9 Å². The fraction of sp³-hybridized carbons (Fsp3) is 1.00. The van der Waals surface area contributed by atoms with E-state index in [9.17, 15) is 0 Å². The Hall–Kier alpha value is 1.18. The van der Waals surface area contributed by atoms with Crippen LogP contribution in [0.2, 0.25) is 58.9 Å². The molecule has 0 bridgehead atoms. The van der Waals surface area contributed by atoms with E-state index in [-0.39, 0.29) is 0 Å². The van der Waals surface area contributed by atoms with Crippen molar-refractivity contribution in [3.63, 3.8) is 0 Å². The van der Waals surface area contributed by atoms with Gasteiger partial charge in [0.1, 0.15) is 0 Å². The van der Waals surface area contributed by atoms with Crippen molar-refractivity contribution >= 4 is 42.8 Å². The van der Waals surface area contributed by atoms with Crippen LogP contribution in [-0.2, 0) is 25.1 Å². The molecule has 0 spiro atoms. The first kappa shape index (κ1) is 21.2. The van der Waals surface area contributed by atoms with Crippen LogP contribution in [0.4, 0.5) is 0 Å². The van der Waals surface area contributed by atoms with Gasteiger partial charge in [0.15, 0.2) is 25.0 Å². The van der Waals surface area contributed by atoms with Gasteiger partial charge in [-0.2, -0.15) is 0 Å². The molecule has 0 N–H and O–H groups in total. The third kappa shape index (κ3) is 12.9. The van der Waals surface area contributed by atoms with Crippen LogP contribution in [0.25, 0.3) is 0 Å². The summed E-state index contributed by atoms with van der Waals surface area (Å²) < 4.78 is 18.2. The van der Waals surface area contributed by atoms with Crippen molar-refractivity contribution in [1.29, 1.82) is 0 Å². The van der Waals surface area contributed by atoms with Gasteiger partial charge in [0.25, 0.3) is 0 Å². The van der Waals surface area contributed by atoms with Crippen molar-refractivity contribution in [2.75, 3.05) is 19.0 Å². The highest BCUT2D eigenvalue weighted by atomic mass is 32.4. The second-order valence-electron chi connectivity index (χ2n) is 8.22. The molecule has 3 nitrogen and oxygen atoms in total. The predicted molar refractivity (Wildman–Crippen MR) is 102 cm³/mol. The molecular weight excluding hydrogens is 339 g/mol. The van der Waals surface area contributed by atoms with E-state index in [4.69, 9.17) is 25.1 Å². The molecule has 0 saturated heterocycles. The number of hydrogen-bond donors (Lipinski definition) is 0. The Morgan fingerprint density at radius 3 is 0.950 bits per heavy atom. The van der Waals surface area contributed by atoms with Crippen molar-refractivity contribution in [2.24, 2.45) is 0 Å². The normalized spacial score (nSPS) is 14.7. The van der Waals surface area contributed by atoms with Gasteiger partial charge < -0.3 is 13.3 Å². The molecule has 0 aromatic rings. The summed E-state index contributed by atoms with van der Waals surface area (Å²) in [5, 5.41) is 0. The fourth-order valence-corrected chi connectivity index (χ4v) is 10.2. The zero-order valence-electron chi connectivity index (χ0n) is 14.7. The first-order valence-corrected chi connectivity index (χ1v) is 20.7. The van der Waals surface area contributed by atoms with Gasteiger partial charge in [-0.3, -0.25) is 0 Å². The van der Waals surface area contributed by atoms with Crippen molar-refractivity contribution in [3.05, 3.63) is 0 Å². The van der Waals surface area contributed by atoms with Gasteiger partial charge in [-0.1, -0.05) is 11.8 Å². The fourth-order valence-electron chi connectivity index (χ4n) is 1.05. The molecule has 122 valence electrons. The molecule has 0 heterocycles. The van der Waals surface area contributed by atoms with E-state index in [1.165, 1.54) is 0 Å². The summed E-state index contributed by atoms with van der Waals surface area (Å²) in [6.07, 6.45) is 1.98. The molecule has 0 rings (SSSR count). The van der Waals surface area contributed by atoms with Crippen LogP contribution in [0.15, 0.2) is 0 Å². The van der Waals surface area contributed by atoms with E-state index in [0.29, 0.717) is 19.0 Å². The molecule has 0 aromatic heterocycles. The molecule has 0 aliphatic carbocycles.